The third-order valence-electron chi connectivity index (χ3n) is 8.36. The zero-order valence-corrected chi connectivity index (χ0v) is 25.9. The first-order valence-corrected chi connectivity index (χ1v) is 16.2. The second kappa shape index (κ2) is 11.4. The Bertz CT molecular complexity index is 2520. The Hall–Kier alpha value is -6.11. The van der Waals surface area contributed by atoms with Crippen LogP contribution in [0.1, 0.15) is 0 Å². The van der Waals surface area contributed by atoms with Crippen molar-refractivity contribution in [2.24, 2.45) is 0 Å². The summed E-state index contributed by atoms with van der Waals surface area (Å²) in [4.78, 5) is 26.1. The highest BCUT2D eigenvalue weighted by Gasteiger charge is 2.15. The van der Waals surface area contributed by atoms with Crippen LogP contribution in [0.4, 0.5) is 0 Å². The fourth-order valence-corrected chi connectivity index (χ4v) is 7.10. The summed E-state index contributed by atoms with van der Waals surface area (Å²) in [6, 6.07) is 51.6. The summed E-state index contributed by atoms with van der Waals surface area (Å²) in [5.74, 6) is 1.88. The van der Waals surface area contributed by atoms with E-state index in [1.165, 1.54) is 15.5 Å². The Labute approximate surface area is 275 Å². The van der Waals surface area contributed by atoms with Crippen LogP contribution in [0.25, 0.3) is 87.9 Å². The topological polar surface area (TPSA) is 64.5 Å². The summed E-state index contributed by atoms with van der Waals surface area (Å²) < 4.78 is 1.25. The van der Waals surface area contributed by atoms with E-state index in [4.69, 9.17) is 24.9 Å². The number of pyridine rings is 2. The van der Waals surface area contributed by atoms with Crippen LogP contribution in [-0.2, 0) is 0 Å². The molecule has 0 bridgehead atoms. The monoisotopic (exact) mass is 619 g/mol. The van der Waals surface area contributed by atoms with Crippen molar-refractivity contribution in [1.82, 2.24) is 24.9 Å². The lowest BCUT2D eigenvalue weighted by Gasteiger charge is -2.11. The largest absolute Gasteiger partial charge is 0.247 e. The highest BCUT2D eigenvalue weighted by molar-refractivity contribution is 7.25. The SMILES string of the molecule is c1ccc(-c2nc(-c3ccccc3)nc(-c3cccc(-c4ccc5cccc(-c6ccc7c(n6)sc6ccccc67)c5n4)c3)n2)cc1. The van der Waals surface area contributed by atoms with Crippen LogP contribution in [0.15, 0.2) is 152 Å². The van der Waals surface area contributed by atoms with E-state index in [0.717, 1.165) is 54.9 Å². The predicted octanol–water partition coefficient (Wildman–Crippen LogP) is 10.5. The molecule has 0 atom stereocenters. The van der Waals surface area contributed by atoms with Gasteiger partial charge in [0.15, 0.2) is 17.5 Å². The van der Waals surface area contributed by atoms with Crippen molar-refractivity contribution in [3.8, 4) is 56.7 Å². The molecule has 0 spiro atoms. The summed E-state index contributed by atoms with van der Waals surface area (Å²) in [6.45, 7) is 0. The second-order valence-electron chi connectivity index (χ2n) is 11.3. The normalized spacial score (nSPS) is 11.4. The summed E-state index contributed by atoms with van der Waals surface area (Å²) in [5.41, 5.74) is 7.47. The molecule has 0 amide bonds. The molecule has 0 radical (unpaired) electrons. The summed E-state index contributed by atoms with van der Waals surface area (Å²) in [5, 5.41) is 3.50. The maximum atomic E-state index is 5.22. The third-order valence-corrected chi connectivity index (χ3v) is 9.44. The molecule has 5 nitrogen and oxygen atoms in total. The minimum atomic E-state index is 0.613. The molecule has 0 aliphatic carbocycles. The maximum Gasteiger partial charge on any atom is 0.164 e. The molecule has 0 fully saturated rings. The molecule has 47 heavy (non-hydrogen) atoms. The van der Waals surface area contributed by atoms with E-state index in [-0.39, 0.29) is 0 Å². The van der Waals surface area contributed by atoms with Crippen LogP contribution in [0.3, 0.4) is 0 Å². The summed E-state index contributed by atoms with van der Waals surface area (Å²) in [6.07, 6.45) is 0. The number of benzene rings is 5. The van der Waals surface area contributed by atoms with Crippen molar-refractivity contribution in [2.75, 3.05) is 0 Å². The number of aromatic nitrogens is 5. The molecule has 4 aromatic heterocycles. The molecule has 0 unspecified atom stereocenters. The van der Waals surface area contributed by atoms with Crippen LogP contribution >= 0.6 is 11.3 Å². The number of nitrogens with zero attached hydrogens (tertiary/aromatic N) is 5. The quantitative estimate of drug-likeness (QED) is 0.192. The van der Waals surface area contributed by atoms with E-state index in [2.05, 4.69) is 78.9 Å². The van der Waals surface area contributed by atoms with E-state index in [1.54, 1.807) is 11.3 Å². The van der Waals surface area contributed by atoms with Crippen LogP contribution in [0.5, 0.6) is 0 Å². The molecule has 0 saturated carbocycles. The van der Waals surface area contributed by atoms with E-state index in [9.17, 15) is 0 Å². The first-order valence-electron chi connectivity index (χ1n) is 15.4. The summed E-state index contributed by atoms with van der Waals surface area (Å²) >= 11 is 1.73. The van der Waals surface area contributed by atoms with Gasteiger partial charge in [-0.1, -0.05) is 121 Å². The summed E-state index contributed by atoms with van der Waals surface area (Å²) in [7, 11) is 0. The van der Waals surface area contributed by atoms with Gasteiger partial charge >= 0.3 is 0 Å². The minimum absolute atomic E-state index is 0.613. The predicted molar refractivity (Wildman–Crippen MR) is 193 cm³/mol. The Balaban J connectivity index is 1.15. The number of fused-ring (bicyclic) bond motifs is 4. The van der Waals surface area contributed by atoms with Crippen molar-refractivity contribution in [3.05, 3.63) is 152 Å². The van der Waals surface area contributed by atoms with E-state index < -0.39 is 0 Å². The van der Waals surface area contributed by atoms with Gasteiger partial charge in [-0.3, -0.25) is 0 Å². The minimum Gasteiger partial charge on any atom is -0.247 e. The van der Waals surface area contributed by atoms with Crippen LogP contribution in [-0.4, -0.2) is 24.9 Å². The molecule has 0 N–H and O–H groups in total. The van der Waals surface area contributed by atoms with Crippen LogP contribution < -0.4 is 0 Å². The van der Waals surface area contributed by atoms with Crippen molar-refractivity contribution in [2.45, 2.75) is 0 Å². The Morgan fingerprint density at radius 3 is 1.77 bits per heavy atom. The maximum absolute atomic E-state index is 5.22. The second-order valence-corrected chi connectivity index (χ2v) is 12.4. The fourth-order valence-electron chi connectivity index (χ4n) is 6.03. The molecule has 0 saturated heterocycles. The molecule has 5 aromatic carbocycles. The third kappa shape index (κ3) is 5.01. The molecule has 9 rings (SSSR count). The van der Waals surface area contributed by atoms with Crippen molar-refractivity contribution in [3.63, 3.8) is 0 Å². The lowest BCUT2D eigenvalue weighted by atomic mass is 10.0. The number of hydrogen-bond acceptors (Lipinski definition) is 6. The average Bonchev–Trinajstić information content (AvgIpc) is 3.53. The van der Waals surface area contributed by atoms with Crippen molar-refractivity contribution in [1.29, 1.82) is 0 Å². The van der Waals surface area contributed by atoms with Crippen LogP contribution in [0.2, 0.25) is 0 Å². The van der Waals surface area contributed by atoms with Gasteiger partial charge in [-0.25, -0.2) is 24.9 Å². The van der Waals surface area contributed by atoms with Gasteiger partial charge in [0.1, 0.15) is 4.83 Å². The van der Waals surface area contributed by atoms with Crippen LogP contribution in [0, 0.1) is 0 Å². The zero-order chi connectivity index (χ0) is 31.2. The Morgan fingerprint density at radius 1 is 0.383 bits per heavy atom. The van der Waals surface area contributed by atoms with Gasteiger partial charge in [0.2, 0.25) is 0 Å². The van der Waals surface area contributed by atoms with Gasteiger partial charge < -0.3 is 0 Å². The molecule has 220 valence electrons. The average molecular weight is 620 g/mol. The smallest absolute Gasteiger partial charge is 0.164 e. The van der Waals surface area contributed by atoms with E-state index >= 15 is 0 Å². The number of rotatable bonds is 5. The molecule has 4 heterocycles. The molecule has 0 aliphatic heterocycles. The molecule has 0 aliphatic rings. The van der Waals surface area contributed by atoms with Crippen molar-refractivity contribution >= 4 is 42.5 Å². The van der Waals surface area contributed by atoms with Gasteiger partial charge in [0.25, 0.3) is 0 Å². The highest BCUT2D eigenvalue weighted by atomic mass is 32.1. The molecular formula is C41H25N5S. The first kappa shape index (κ1) is 27.2. The van der Waals surface area contributed by atoms with Gasteiger partial charge in [-0.2, -0.15) is 0 Å². The van der Waals surface area contributed by atoms with E-state index in [0.29, 0.717) is 17.5 Å². The Morgan fingerprint density at radius 2 is 1.00 bits per heavy atom. The number of para-hydroxylation sites is 1. The fraction of sp³-hybridized carbons (Fsp3) is 0. The van der Waals surface area contributed by atoms with E-state index in [1.807, 2.05) is 72.8 Å². The standard InChI is InChI=1S/C41H25N5S/c1-3-11-27(12-4-1)38-44-39(28-13-5-2-6-14-28)46-40(45-38)30-17-9-16-29(25-30)34-23-21-26-15-10-19-33(37(26)42-34)35-24-22-32-31-18-7-8-20-36(31)47-41(32)43-35/h1-25H. The highest BCUT2D eigenvalue weighted by Crippen LogP contribution is 2.36. The lowest BCUT2D eigenvalue weighted by molar-refractivity contribution is 1.07. The number of thiophene rings is 1. The lowest BCUT2D eigenvalue weighted by Crippen LogP contribution is -2.00. The number of hydrogen-bond donors (Lipinski definition) is 0. The molecular weight excluding hydrogens is 595 g/mol. The van der Waals surface area contributed by atoms with Gasteiger partial charge in [0.05, 0.1) is 16.9 Å². The molecule has 9 aromatic rings. The molecule has 6 heteroatoms. The van der Waals surface area contributed by atoms with Gasteiger partial charge in [0, 0.05) is 48.7 Å². The van der Waals surface area contributed by atoms with Gasteiger partial charge in [-0.15, -0.1) is 11.3 Å². The van der Waals surface area contributed by atoms with Crippen molar-refractivity contribution < 1.29 is 0 Å². The first-order chi connectivity index (χ1) is 23.3. The van der Waals surface area contributed by atoms with Gasteiger partial charge in [-0.05, 0) is 30.3 Å². The zero-order valence-electron chi connectivity index (χ0n) is 25.1. The Kier molecular flexibility index (Phi) is 6.58.